The molecule has 1 aromatic rings. The molecule has 7 heteroatoms. The Hall–Kier alpha value is -1.63. The van der Waals surface area contributed by atoms with Crippen LogP contribution in [0, 0.1) is 5.82 Å². The largest absolute Gasteiger partial charge is 0.460 e. The SMILES string of the molecule is NC(=O)N1CCC[C@H]1COC(=O)c1ccc(F)cc1Br. The fourth-order valence-corrected chi connectivity index (χ4v) is 2.72. The highest BCUT2D eigenvalue weighted by molar-refractivity contribution is 9.10. The third-order valence-electron chi connectivity index (χ3n) is 3.22. The molecule has 2 N–H and O–H groups in total. The average molecular weight is 345 g/mol. The second kappa shape index (κ2) is 6.21. The second-order valence-electron chi connectivity index (χ2n) is 4.55. The fourth-order valence-electron chi connectivity index (χ4n) is 2.20. The maximum absolute atomic E-state index is 12.9. The molecule has 0 unspecified atom stereocenters. The number of halogens is 2. The maximum Gasteiger partial charge on any atom is 0.339 e. The van der Waals surface area contributed by atoms with Crippen molar-refractivity contribution in [2.24, 2.45) is 5.73 Å². The Morgan fingerprint density at radius 2 is 2.25 bits per heavy atom. The molecule has 5 nitrogen and oxygen atoms in total. The summed E-state index contributed by atoms with van der Waals surface area (Å²) < 4.78 is 18.4. The summed E-state index contributed by atoms with van der Waals surface area (Å²) >= 11 is 3.11. The summed E-state index contributed by atoms with van der Waals surface area (Å²) in [6, 6.07) is 3.04. The predicted molar refractivity (Wildman–Crippen MR) is 73.7 cm³/mol. The van der Waals surface area contributed by atoms with Gasteiger partial charge < -0.3 is 15.4 Å². The number of nitrogens with zero attached hydrogens (tertiary/aromatic N) is 1. The smallest absolute Gasteiger partial charge is 0.339 e. The minimum absolute atomic E-state index is 0.0889. The van der Waals surface area contributed by atoms with Crippen LogP contribution in [0.25, 0.3) is 0 Å². The lowest BCUT2D eigenvalue weighted by molar-refractivity contribution is 0.0421. The molecule has 2 rings (SSSR count). The van der Waals surface area contributed by atoms with Gasteiger partial charge in [0.25, 0.3) is 0 Å². The molecule has 1 fully saturated rings. The van der Waals surface area contributed by atoms with Crippen LogP contribution in [0.3, 0.4) is 0 Å². The summed E-state index contributed by atoms with van der Waals surface area (Å²) in [6.07, 6.45) is 1.59. The standard InChI is InChI=1S/C13H14BrFN2O3/c14-11-6-8(15)3-4-10(11)12(18)20-7-9-2-1-5-17(9)13(16)19/h3-4,6,9H,1-2,5,7H2,(H2,16,19)/t9-/m0/s1. The molecule has 0 aromatic heterocycles. The lowest BCUT2D eigenvalue weighted by Crippen LogP contribution is -2.42. The average Bonchev–Trinajstić information content (AvgIpc) is 2.84. The highest BCUT2D eigenvalue weighted by Crippen LogP contribution is 2.21. The number of primary amides is 1. The van der Waals surface area contributed by atoms with Crippen molar-refractivity contribution in [3.63, 3.8) is 0 Å². The van der Waals surface area contributed by atoms with Crippen LogP contribution in [0.2, 0.25) is 0 Å². The Kier molecular flexibility index (Phi) is 4.59. The topological polar surface area (TPSA) is 72.6 Å². The van der Waals surface area contributed by atoms with E-state index in [2.05, 4.69) is 15.9 Å². The van der Waals surface area contributed by atoms with Crippen molar-refractivity contribution < 1.29 is 18.7 Å². The van der Waals surface area contributed by atoms with E-state index in [1.165, 1.54) is 23.1 Å². The van der Waals surface area contributed by atoms with Gasteiger partial charge in [-0.2, -0.15) is 0 Å². The zero-order valence-corrected chi connectivity index (χ0v) is 12.2. The number of likely N-dealkylation sites (tertiary alicyclic amines) is 1. The van der Waals surface area contributed by atoms with E-state index in [1.807, 2.05) is 0 Å². The molecule has 0 bridgehead atoms. The van der Waals surface area contributed by atoms with Gasteiger partial charge in [-0.15, -0.1) is 0 Å². The number of rotatable bonds is 3. The Bertz CT molecular complexity index is 538. The van der Waals surface area contributed by atoms with Gasteiger partial charge in [0.05, 0.1) is 11.6 Å². The first kappa shape index (κ1) is 14.8. The molecule has 0 spiro atoms. The maximum atomic E-state index is 12.9. The summed E-state index contributed by atoms with van der Waals surface area (Å²) in [5.41, 5.74) is 5.49. The van der Waals surface area contributed by atoms with E-state index in [1.54, 1.807) is 0 Å². The molecule has 108 valence electrons. The van der Waals surface area contributed by atoms with E-state index in [0.717, 1.165) is 12.8 Å². The zero-order chi connectivity index (χ0) is 14.7. The zero-order valence-electron chi connectivity index (χ0n) is 10.6. The van der Waals surface area contributed by atoms with Crippen molar-refractivity contribution in [2.45, 2.75) is 18.9 Å². The van der Waals surface area contributed by atoms with Crippen LogP contribution in [0.5, 0.6) is 0 Å². The molecule has 20 heavy (non-hydrogen) atoms. The summed E-state index contributed by atoms with van der Waals surface area (Å²) in [5, 5.41) is 0. The number of amides is 2. The van der Waals surface area contributed by atoms with Crippen molar-refractivity contribution in [1.82, 2.24) is 4.90 Å². The second-order valence-corrected chi connectivity index (χ2v) is 5.40. The van der Waals surface area contributed by atoms with Gasteiger partial charge in [-0.3, -0.25) is 0 Å². The molecular weight excluding hydrogens is 331 g/mol. The van der Waals surface area contributed by atoms with Crippen LogP contribution < -0.4 is 5.73 Å². The highest BCUT2D eigenvalue weighted by atomic mass is 79.9. The van der Waals surface area contributed by atoms with Crippen molar-refractivity contribution in [3.8, 4) is 0 Å². The first-order chi connectivity index (χ1) is 9.49. The molecular formula is C13H14BrFN2O3. The Balaban J connectivity index is 1.97. The summed E-state index contributed by atoms with van der Waals surface area (Å²) in [6.45, 7) is 0.670. The Labute approximate surface area is 124 Å². The molecule has 1 heterocycles. The third-order valence-corrected chi connectivity index (χ3v) is 3.87. The normalized spacial score (nSPS) is 18.1. The van der Waals surface area contributed by atoms with Gasteiger partial charge in [0.2, 0.25) is 0 Å². The summed E-state index contributed by atoms with van der Waals surface area (Å²) in [4.78, 5) is 24.6. The van der Waals surface area contributed by atoms with E-state index < -0.39 is 17.8 Å². The lowest BCUT2D eigenvalue weighted by Gasteiger charge is -2.22. The van der Waals surface area contributed by atoms with Crippen LogP contribution in [-0.4, -0.2) is 36.1 Å². The Morgan fingerprint density at radius 1 is 1.50 bits per heavy atom. The number of hydrogen-bond donors (Lipinski definition) is 1. The number of nitrogens with two attached hydrogens (primary N) is 1. The molecule has 0 saturated carbocycles. The first-order valence-corrected chi connectivity index (χ1v) is 6.96. The van der Waals surface area contributed by atoms with Crippen LogP contribution >= 0.6 is 15.9 Å². The molecule has 1 saturated heterocycles. The van der Waals surface area contributed by atoms with Crippen LogP contribution in [-0.2, 0) is 4.74 Å². The molecule has 1 aliphatic rings. The molecule has 0 radical (unpaired) electrons. The van der Waals surface area contributed by atoms with Crippen molar-refractivity contribution >= 4 is 27.9 Å². The molecule has 0 aliphatic carbocycles. The molecule has 1 aromatic carbocycles. The molecule has 1 aliphatic heterocycles. The van der Waals surface area contributed by atoms with Crippen LogP contribution in [0.15, 0.2) is 22.7 Å². The van der Waals surface area contributed by atoms with E-state index in [-0.39, 0.29) is 18.2 Å². The number of carbonyl (C=O) groups excluding carboxylic acids is 2. The number of ether oxygens (including phenoxy) is 1. The van der Waals surface area contributed by atoms with Gasteiger partial charge in [-0.25, -0.2) is 14.0 Å². The number of hydrogen-bond acceptors (Lipinski definition) is 3. The van der Waals surface area contributed by atoms with Crippen molar-refractivity contribution in [1.29, 1.82) is 0 Å². The van der Waals surface area contributed by atoms with Crippen LogP contribution in [0.1, 0.15) is 23.2 Å². The molecule has 2 amide bonds. The van der Waals surface area contributed by atoms with E-state index in [9.17, 15) is 14.0 Å². The summed E-state index contributed by atoms with van der Waals surface area (Å²) in [5.74, 6) is -1.00. The van der Waals surface area contributed by atoms with E-state index in [4.69, 9.17) is 10.5 Å². The number of urea groups is 1. The fraction of sp³-hybridized carbons (Fsp3) is 0.385. The first-order valence-electron chi connectivity index (χ1n) is 6.17. The van der Waals surface area contributed by atoms with Gasteiger partial charge >= 0.3 is 12.0 Å². The lowest BCUT2D eigenvalue weighted by atomic mass is 10.2. The van der Waals surface area contributed by atoms with Gasteiger partial charge in [0, 0.05) is 11.0 Å². The highest BCUT2D eigenvalue weighted by Gasteiger charge is 2.28. The van der Waals surface area contributed by atoms with E-state index in [0.29, 0.717) is 11.0 Å². The predicted octanol–water partition coefficient (Wildman–Crippen LogP) is 2.29. The van der Waals surface area contributed by atoms with Gasteiger partial charge in [0.15, 0.2) is 0 Å². The van der Waals surface area contributed by atoms with Gasteiger partial charge in [-0.05, 0) is 47.0 Å². The minimum atomic E-state index is -0.562. The number of esters is 1. The minimum Gasteiger partial charge on any atom is -0.460 e. The third kappa shape index (κ3) is 3.27. The molecule has 1 atom stereocenters. The summed E-state index contributed by atoms with van der Waals surface area (Å²) in [7, 11) is 0. The van der Waals surface area contributed by atoms with Gasteiger partial charge in [0.1, 0.15) is 12.4 Å². The number of benzene rings is 1. The van der Waals surface area contributed by atoms with Crippen molar-refractivity contribution in [2.75, 3.05) is 13.2 Å². The van der Waals surface area contributed by atoms with Crippen molar-refractivity contribution in [3.05, 3.63) is 34.1 Å². The monoisotopic (exact) mass is 344 g/mol. The van der Waals surface area contributed by atoms with E-state index >= 15 is 0 Å². The van der Waals surface area contributed by atoms with Crippen LogP contribution in [0.4, 0.5) is 9.18 Å². The quantitative estimate of drug-likeness (QED) is 0.855. The Morgan fingerprint density at radius 3 is 2.90 bits per heavy atom. The number of carbonyl (C=O) groups is 2. The van der Waals surface area contributed by atoms with Gasteiger partial charge in [-0.1, -0.05) is 0 Å².